The number of amides is 2. The zero-order chi connectivity index (χ0) is 26.0. The molecule has 11 heteroatoms. The van der Waals surface area contributed by atoms with Gasteiger partial charge in [-0.25, -0.2) is 9.59 Å². The first-order valence-corrected chi connectivity index (χ1v) is 10.9. The number of nitrogens with zero attached hydrogens (tertiary/aromatic N) is 3. The lowest BCUT2D eigenvalue weighted by atomic mass is 10.0. The van der Waals surface area contributed by atoms with Crippen LogP contribution in [0.3, 0.4) is 0 Å². The second kappa shape index (κ2) is 9.68. The van der Waals surface area contributed by atoms with Crippen LogP contribution in [0.5, 0.6) is 0 Å². The second-order valence-corrected chi connectivity index (χ2v) is 8.26. The summed E-state index contributed by atoms with van der Waals surface area (Å²) in [7, 11) is 0. The highest BCUT2D eigenvalue weighted by molar-refractivity contribution is 6.00. The summed E-state index contributed by atoms with van der Waals surface area (Å²) in [6.45, 7) is 4.58. The number of urea groups is 1. The summed E-state index contributed by atoms with van der Waals surface area (Å²) < 4.78 is 31.7. The zero-order valence-electron chi connectivity index (χ0n) is 19.3. The van der Waals surface area contributed by atoms with E-state index in [9.17, 15) is 18.0 Å². The number of fused-ring (bicyclic) bond motifs is 2. The quantitative estimate of drug-likeness (QED) is 0.338. The number of nitrogens with one attached hydrogen (secondary N) is 2. The maximum atomic E-state index is 12.8. The first-order valence-electron chi connectivity index (χ1n) is 10.9. The Kier molecular flexibility index (Phi) is 6.65. The second-order valence-electron chi connectivity index (χ2n) is 8.26. The Morgan fingerprint density at radius 3 is 2.47 bits per heavy atom. The number of benzene rings is 2. The van der Waals surface area contributed by atoms with Gasteiger partial charge >= 0.3 is 18.2 Å². The topological polar surface area (TPSA) is 111 Å². The molecule has 1 aliphatic heterocycles. The lowest BCUT2D eigenvalue weighted by molar-refractivity contribution is -0.192. The van der Waals surface area contributed by atoms with Gasteiger partial charge in [0.15, 0.2) is 0 Å². The molecule has 0 bridgehead atoms. The molecule has 4 aromatic rings. The normalized spacial score (nSPS) is 13.9. The van der Waals surface area contributed by atoms with Crippen molar-refractivity contribution in [2.24, 2.45) is 0 Å². The Balaban J connectivity index is 0.000000384. The summed E-state index contributed by atoms with van der Waals surface area (Å²) in [5.74, 6) is -2.76. The van der Waals surface area contributed by atoms with Gasteiger partial charge in [0.05, 0.1) is 18.1 Å². The van der Waals surface area contributed by atoms with Crippen LogP contribution >= 0.6 is 0 Å². The number of anilines is 1. The van der Waals surface area contributed by atoms with Crippen LogP contribution in [0.4, 0.5) is 23.7 Å². The minimum atomic E-state index is -5.08. The molecule has 186 valence electrons. The number of H-pyrrole nitrogens is 1. The van der Waals surface area contributed by atoms with E-state index in [0.29, 0.717) is 6.54 Å². The van der Waals surface area contributed by atoms with Crippen molar-refractivity contribution in [3.05, 3.63) is 77.6 Å². The van der Waals surface area contributed by atoms with Crippen LogP contribution in [0, 0.1) is 6.92 Å². The summed E-state index contributed by atoms with van der Waals surface area (Å²) in [6.07, 6.45) is -3.28. The Labute approximate surface area is 203 Å². The molecular weight excluding hydrogens is 475 g/mol. The van der Waals surface area contributed by atoms with Gasteiger partial charge in [-0.05, 0) is 49.2 Å². The summed E-state index contributed by atoms with van der Waals surface area (Å²) in [4.78, 5) is 27.8. The van der Waals surface area contributed by atoms with Crippen molar-refractivity contribution in [1.29, 1.82) is 0 Å². The number of pyridine rings is 1. The molecule has 3 heterocycles. The molecule has 0 fully saturated rings. The van der Waals surface area contributed by atoms with Crippen LogP contribution in [0.1, 0.15) is 29.8 Å². The van der Waals surface area contributed by atoms with E-state index in [1.165, 1.54) is 0 Å². The first-order chi connectivity index (χ1) is 17.0. The number of rotatable bonds is 3. The van der Waals surface area contributed by atoms with Crippen molar-refractivity contribution in [1.82, 2.24) is 20.1 Å². The SMILES string of the molecule is Cc1cc(-c2n[nH]c3cc4c(cc23)CN(C(C)c2ccccc2)C(=O)N4)ccn1.O=C(O)C(F)(F)F. The van der Waals surface area contributed by atoms with Gasteiger partial charge in [-0.1, -0.05) is 30.3 Å². The molecule has 3 N–H and O–H groups in total. The van der Waals surface area contributed by atoms with E-state index in [0.717, 1.165) is 44.7 Å². The van der Waals surface area contributed by atoms with Crippen molar-refractivity contribution in [3.63, 3.8) is 0 Å². The summed E-state index contributed by atoms with van der Waals surface area (Å²) >= 11 is 0. The minimum absolute atomic E-state index is 0.0216. The van der Waals surface area contributed by atoms with Gasteiger partial charge in [-0.3, -0.25) is 10.1 Å². The molecule has 1 unspecified atom stereocenters. The monoisotopic (exact) mass is 497 g/mol. The van der Waals surface area contributed by atoms with E-state index in [-0.39, 0.29) is 12.1 Å². The van der Waals surface area contributed by atoms with Crippen LogP contribution < -0.4 is 5.32 Å². The molecule has 1 atom stereocenters. The number of hydrogen-bond acceptors (Lipinski definition) is 4. The van der Waals surface area contributed by atoms with Gasteiger partial charge in [-0.2, -0.15) is 18.3 Å². The Bertz CT molecular complexity index is 1420. The van der Waals surface area contributed by atoms with E-state index in [4.69, 9.17) is 9.90 Å². The van der Waals surface area contributed by atoms with Crippen LogP contribution in [0.25, 0.3) is 22.2 Å². The van der Waals surface area contributed by atoms with Crippen molar-refractivity contribution in [2.45, 2.75) is 32.6 Å². The van der Waals surface area contributed by atoms with E-state index >= 15 is 0 Å². The molecule has 2 amide bonds. The summed E-state index contributed by atoms with van der Waals surface area (Å²) in [5, 5.41) is 18.8. The van der Waals surface area contributed by atoms with Crippen molar-refractivity contribution < 1.29 is 27.9 Å². The molecule has 0 saturated carbocycles. The molecule has 0 saturated heterocycles. The third kappa shape index (κ3) is 5.14. The van der Waals surface area contributed by atoms with Crippen LogP contribution in [0.2, 0.25) is 0 Å². The Hall–Kier alpha value is -4.41. The molecule has 8 nitrogen and oxygen atoms in total. The molecule has 2 aromatic heterocycles. The molecule has 2 aromatic carbocycles. The molecule has 1 aliphatic rings. The highest BCUT2D eigenvalue weighted by Gasteiger charge is 2.38. The molecular formula is C25H22F3N5O3. The molecule has 36 heavy (non-hydrogen) atoms. The fraction of sp³-hybridized carbons (Fsp3) is 0.200. The number of aromatic nitrogens is 3. The Morgan fingerprint density at radius 2 is 1.83 bits per heavy atom. The minimum Gasteiger partial charge on any atom is -0.475 e. The van der Waals surface area contributed by atoms with Gasteiger partial charge in [0.1, 0.15) is 5.69 Å². The molecule has 5 rings (SSSR count). The number of alkyl halides is 3. The van der Waals surface area contributed by atoms with Gasteiger partial charge in [0.2, 0.25) is 0 Å². The number of carbonyl (C=O) groups excluding carboxylic acids is 1. The zero-order valence-corrected chi connectivity index (χ0v) is 19.3. The predicted molar refractivity (Wildman–Crippen MR) is 127 cm³/mol. The Morgan fingerprint density at radius 1 is 1.14 bits per heavy atom. The highest BCUT2D eigenvalue weighted by Crippen LogP contribution is 2.35. The molecule has 0 spiro atoms. The number of halogens is 3. The van der Waals surface area contributed by atoms with Gasteiger partial charge in [0.25, 0.3) is 0 Å². The average Bonchev–Trinajstić information content (AvgIpc) is 3.25. The van der Waals surface area contributed by atoms with Crippen LogP contribution in [-0.2, 0) is 11.3 Å². The van der Waals surface area contributed by atoms with E-state index in [1.807, 2.05) is 48.2 Å². The van der Waals surface area contributed by atoms with Gasteiger partial charge in [0, 0.05) is 28.5 Å². The van der Waals surface area contributed by atoms with Crippen molar-refractivity contribution >= 4 is 28.6 Å². The third-order valence-electron chi connectivity index (χ3n) is 5.79. The number of hydrogen-bond donors (Lipinski definition) is 3. The summed E-state index contributed by atoms with van der Waals surface area (Å²) in [5.41, 5.74) is 6.80. The molecule has 0 radical (unpaired) electrons. The lowest BCUT2D eigenvalue weighted by Gasteiger charge is -2.34. The van der Waals surface area contributed by atoms with Gasteiger partial charge in [-0.15, -0.1) is 0 Å². The highest BCUT2D eigenvalue weighted by atomic mass is 19.4. The number of aliphatic carboxylic acids is 1. The third-order valence-corrected chi connectivity index (χ3v) is 5.79. The van der Waals surface area contributed by atoms with E-state index in [2.05, 4.69) is 45.6 Å². The van der Waals surface area contributed by atoms with Crippen molar-refractivity contribution in [3.8, 4) is 11.3 Å². The predicted octanol–water partition coefficient (Wildman–Crippen LogP) is 5.68. The van der Waals surface area contributed by atoms with Crippen LogP contribution in [-0.4, -0.2) is 43.4 Å². The molecule has 0 aliphatic carbocycles. The van der Waals surface area contributed by atoms with E-state index in [1.54, 1.807) is 6.20 Å². The number of aryl methyl sites for hydroxylation is 1. The smallest absolute Gasteiger partial charge is 0.475 e. The first kappa shape index (κ1) is 24.7. The largest absolute Gasteiger partial charge is 0.490 e. The maximum absolute atomic E-state index is 12.8. The number of carboxylic acids is 1. The maximum Gasteiger partial charge on any atom is 0.490 e. The van der Waals surface area contributed by atoms with Crippen molar-refractivity contribution in [2.75, 3.05) is 5.32 Å². The fourth-order valence-corrected chi connectivity index (χ4v) is 3.94. The average molecular weight is 497 g/mol. The number of carboxylic acid groups (broad SMARTS) is 1. The lowest BCUT2D eigenvalue weighted by Crippen LogP contribution is -2.40. The summed E-state index contributed by atoms with van der Waals surface area (Å²) in [6, 6.07) is 18.1. The standard InChI is InChI=1S/C23H21N5O.C2HF3O2/c1-14-10-17(8-9-24-14)22-19-11-18-13-28(15(2)16-6-4-3-5-7-16)23(29)25-20(18)12-21(19)26-27-22;3-2(4,5)1(6)7/h3-12,15H,13H2,1-2H3,(H,25,29)(H,26,27);(H,6,7). The van der Waals surface area contributed by atoms with Crippen LogP contribution in [0.15, 0.2) is 60.8 Å². The van der Waals surface area contributed by atoms with E-state index < -0.39 is 12.1 Å². The number of aromatic amines is 1. The van der Waals surface area contributed by atoms with Gasteiger partial charge < -0.3 is 15.3 Å². The fourth-order valence-electron chi connectivity index (χ4n) is 3.94. The number of carbonyl (C=O) groups is 2.